The Morgan fingerprint density at radius 2 is 2.08 bits per heavy atom. The number of benzene rings is 1. The lowest BCUT2D eigenvalue weighted by Crippen LogP contribution is -2.37. The van der Waals surface area contributed by atoms with Crippen molar-refractivity contribution in [1.29, 1.82) is 0 Å². The number of esters is 1. The SMILES string of the molecule is CC(=O)O[C@H]1c2ccc(Cl)cc2OCC[C@@H]1CN1CCCCC1.Cl. The number of piperidine rings is 1. The van der Waals surface area contributed by atoms with E-state index in [-0.39, 0.29) is 30.4 Å². The molecule has 4 nitrogen and oxygen atoms in total. The third-order valence-electron chi connectivity index (χ3n) is 4.69. The van der Waals surface area contributed by atoms with Crippen molar-refractivity contribution in [1.82, 2.24) is 4.90 Å². The van der Waals surface area contributed by atoms with Crippen molar-refractivity contribution in [3.8, 4) is 5.75 Å². The lowest BCUT2D eigenvalue weighted by atomic mass is 9.92. The highest BCUT2D eigenvalue weighted by molar-refractivity contribution is 6.30. The first kappa shape index (κ1) is 19.4. The van der Waals surface area contributed by atoms with Crippen molar-refractivity contribution in [2.24, 2.45) is 5.92 Å². The second-order valence-electron chi connectivity index (χ2n) is 6.47. The maximum atomic E-state index is 11.6. The van der Waals surface area contributed by atoms with Gasteiger partial charge in [0, 0.05) is 30.0 Å². The van der Waals surface area contributed by atoms with E-state index >= 15 is 0 Å². The van der Waals surface area contributed by atoms with Gasteiger partial charge >= 0.3 is 5.97 Å². The van der Waals surface area contributed by atoms with Gasteiger partial charge in [-0.15, -0.1) is 12.4 Å². The molecular formula is C18H25Cl2NO3. The molecule has 0 N–H and O–H groups in total. The van der Waals surface area contributed by atoms with Crippen molar-refractivity contribution >= 4 is 30.0 Å². The Morgan fingerprint density at radius 3 is 2.79 bits per heavy atom. The molecule has 0 aromatic heterocycles. The number of hydrogen-bond donors (Lipinski definition) is 0. The molecule has 0 saturated carbocycles. The van der Waals surface area contributed by atoms with Crippen LogP contribution in [0.15, 0.2) is 18.2 Å². The van der Waals surface area contributed by atoms with Crippen molar-refractivity contribution < 1.29 is 14.3 Å². The number of halogens is 2. The van der Waals surface area contributed by atoms with Crippen LogP contribution in [0.4, 0.5) is 0 Å². The fourth-order valence-corrected chi connectivity index (χ4v) is 3.76. The Morgan fingerprint density at radius 1 is 1.33 bits per heavy atom. The zero-order valence-electron chi connectivity index (χ0n) is 14.0. The van der Waals surface area contributed by atoms with E-state index in [1.165, 1.54) is 26.2 Å². The quantitative estimate of drug-likeness (QED) is 0.742. The Labute approximate surface area is 154 Å². The summed E-state index contributed by atoms with van der Waals surface area (Å²) in [7, 11) is 0. The summed E-state index contributed by atoms with van der Waals surface area (Å²) in [5, 5.41) is 0.639. The molecular weight excluding hydrogens is 349 g/mol. The van der Waals surface area contributed by atoms with Gasteiger partial charge in [0.05, 0.1) is 6.61 Å². The third-order valence-corrected chi connectivity index (χ3v) is 4.93. The molecule has 0 unspecified atom stereocenters. The molecule has 1 aromatic carbocycles. The van der Waals surface area contributed by atoms with E-state index in [0.717, 1.165) is 37.4 Å². The summed E-state index contributed by atoms with van der Waals surface area (Å²) in [5.74, 6) is 0.741. The first-order valence-corrected chi connectivity index (χ1v) is 8.83. The molecule has 0 amide bonds. The van der Waals surface area contributed by atoms with E-state index in [4.69, 9.17) is 21.1 Å². The largest absolute Gasteiger partial charge is 0.493 e. The Hall–Kier alpha value is -0.970. The van der Waals surface area contributed by atoms with Crippen molar-refractivity contribution in [3.63, 3.8) is 0 Å². The average Bonchev–Trinajstić information content (AvgIpc) is 2.68. The summed E-state index contributed by atoms with van der Waals surface area (Å²) in [6, 6.07) is 5.58. The second-order valence-corrected chi connectivity index (χ2v) is 6.91. The zero-order chi connectivity index (χ0) is 16.2. The van der Waals surface area contributed by atoms with E-state index in [1.807, 2.05) is 18.2 Å². The highest BCUT2D eigenvalue weighted by Crippen LogP contribution is 2.39. The van der Waals surface area contributed by atoms with Gasteiger partial charge < -0.3 is 14.4 Å². The van der Waals surface area contributed by atoms with Crippen molar-refractivity contribution in [2.45, 2.75) is 38.7 Å². The standard InChI is InChI=1S/C18H24ClNO3.ClH/c1-13(21)23-18-14(12-20-8-3-2-4-9-20)7-10-22-17-11-15(19)5-6-16(17)18;/h5-6,11,14,18H,2-4,7-10,12H2,1H3;1H/t14-,18-;/m1./s1. The van der Waals surface area contributed by atoms with Crippen LogP contribution >= 0.6 is 24.0 Å². The predicted octanol–water partition coefficient (Wildman–Crippen LogP) is 4.25. The number of carbonyl (C=O) groups is 1. The van der Waals surface area contributed by atoms with Crippen molar-refractivity contribution in [3.05, 3.63) is 28.8 Å². The van der Waals surface area contributed by atoms with Crippen LogP contribution in [0.5, 0.6) is 5.75 Å². The van der Waals surface area contributed by atoms with E-state index in [1.54, 1.807) is 0 Å². The number of ether oxygens (including phenoxy) is 2. The lowest BCUT2D eigenvalue weighted by molar-refractivity contribution is -0.150. The van der Waals surface area contributed by atoms with Gasteiger partial charge in [-0.25, -0.2) is 0 Å². The van der Waals surface area contributed by atoms with Crippen LogP contribution in [0.25, 0.3) is 0 Å². The van der Waals surface area contributed by atoms with E-state index < -0.39 is 0 Å². The molecule has 134 valence electrons. The van der Waals surface area contributed by atoms with Crippen LogP contribution in [0, 0.1) is 5.92 Å². The number of rotatable bonds is 3. The molecule has 3 rings (SSSR count). The highest BCUT2D eigenvalue weighted by Gasteiger charge is 2.33. The summed E-state index contributed by atoms with van der Waals surface area (Å²) >= 11 is 6.08. The molecule has 1 fully saturated rings. The molecule has 2 aliphatic rings. The van der Waals surface area contributed by atoms with E-state index in [9.17, 15) is 4.79 Å². The van der Waals surface area contributed by atoms with Crippen LogP contribution in [-0.4, -0.2) is 37.1 Å². The maximum absolute atomic E-state index is 11.6. The highest BCUT2D eigenvalue weighted by atomic mass is 35.5. The van der Waals surface area contributed by atoms with Crippen LogP contribution in [0.2, 0.25) is 5.02 Å². The second kappa shape index (κ2) is 8.93. The molecule has 6 heteroatoms. The van der Waals surface area contributed by atoms with Gasteiger partial charge in [0.25, 0.3) is 0 Å². The number of fused-ring (bicyclic) bond motifs is 1. The molecule has 24 heavy (non-hydrogen) atoms. The number of carbonyl (C=O) groups excluding carboxylic acids is 1. The number of hydrogen-bond acceptors (Lipinski definition) is 4. The Kier molecular flexibility index (Phi) is 7.20. The van der Waals surface area contributed by atoms with Gasteiger partial charge in [-0.2, -0.15) is 0 Å². The van der Waals surface area contributed by atoms with Gasteiger partial charge in [-0.05, 0) is 44.5 Å². The summed E-state index contributed by atoms with van der Waals surface area (Å²) < 4.78 is 11.6. The summed E-state index contributed by atoms with van der Waals surface area (Å²) in [5.41, 5.74) is 0.934. The summed E-state index contributed by atoms with van der Waals surface area (Å²) in [4.78, 5) is 14.1. The Bertz CT molecular complexity index is 561. The van der Waals surface area contributed by atoms with Crippen LogP contribution in [0.3, 0.4) is 0 Å². The molecule has 0 aliphatic carbocycles. The fourth-order valence-electron chi connectivity index (χ4n) is 3.59. The topological polar surface area (TPSA) is 38.8 Å². The average molecular weight is 374 g/mol. The van der Waals surface area contributed by atoms with Crippen LogP contribution < -0.4 is 4.74 Å². The first-order valence-electron chi connectivity index (χ1n) is 8.45. The molecule has 2 atom stereocenters. The van der Waals surface area contributed by atoms with Crippen LogP contribution in [0.1, 0.15) is 44.3 Å². The molecule has 2 aliphatic heterocycles. The molecule has 1 aromatic rings. The molecule has 2 heterocycles. The van der Waals surface area contributed by atoms with Crippen LogP contribution in [-0.2, 0) is 9.53 Å². The van der Waals surface area contributed by atoms with Gasteiger partial charge in [0.15, 0.2) is 0 Å². The summed E-state index contributed by atoms with van der Waals surface area (Å²) in [6.45, 7) is 5.32. The zero-order valence-corrected chi connectivity index (χ0v) is 15.6. The van der Waals surface area contributed by atoms with Gasteiger partial charge in [0.2, 0.25) is 0 Å². The maximum Gasteiger partial charge on any atom is 0.303 e. The molecule has 0 bridgehead atoms. The number of likely N-dealkylation sites (tertiary alicyclic amines) is 1. The van der Waals surface area contributed by atoms with Gasteiger partial charge in [-0.3, -0.25) is 4.79 Å². The van der Waals surface area contributed by atoms with Gasteiger partial charge in [-0.1, -0.05) is 24.1 Å². The Balaban J connectivity index is 0.00000208. The minimum atomic E-state index is -0.260. The van der Waals surface area contributed by atoms with E-state index in [0.29, 0.717) is 11.6 Å². The predicted molar refractivity (Wildman–Crippen MR) is 97.1 cm³/mol. The minimum Gasteiger partial charge on any atom is -0.493 e. The lowest BCUT2D eigenvalue weighted by Gasteiger charge is -2.33. The smallest absolute Gasteiger partial charge is 0.303 e. The summed E-state index contributed by atoms with van der Waals surface area (Å²) in [6.07, 6.45) is 4.45. The third kappa shape index (κ3) is 4.78. The fraction of sp³-hybridized carbons (Fsp3) is 0.611. The molecule has 1 saturated heterocycles. The monoisotopic (exact) mass is 373 g/mol. The van der Waals surface area contributed by atoms with E-state index in [2.05, 4.69) is 4.90 Å². The molecule has 0 spiro atoms. The first-order chi connectivity index (χ1) is 11.1. The number of nitrogens with zero attached hydrogens (tertiary/aromatic N) is 1. The van der Waals surface area contributed by atoms with Gasteiger partial charge in [0.1, 0.15) is 11.9 Å². The van der Waals surface area contributed by atoms with Crippen molar-refractivity contribution in [2.75, 3.05) is 26.2 Å². The minimum absolute atomic E-state index is 0. The normalized spacial score (nSPS) is 24.1. The molecule has 0 radical (unpaired) electrons.